The molecule has 0 aromatic carbocycles. The van der Waals surface area contributed by atoms with Gasteiger partial charge in [0.1, 0.15) is 9.84 Å². The molecule has 0 heterocycles. The Hall–Kier alpha value is -0.820. The van der Waals surface area contributed by atoms with Gasteiger partial charge < -0.3 is 15.4 Å². The highest BCUT2D eigenvalue weighted by Gasteiger charge is 2.13. The fraction of sp³-hybridized carbons (Fsp3) is 0.947. The number of guanidine groups is 1. The summed E-state index contributed by atoms with van der Waals surface area (Å²) >= 11 is 0. The summed E-state index contributed by atoms with van der Waals surface area (Å²) in [7, 11) is -2.92. The van der Waals surface area contributed by atoms with E-state index in [0.29, 0.717) is 12.5 Å². The van der Waals surface area contributed by atoms with Crippen molar-refractivity contribution in [1.29, 1.82) is 0 Å². The predicted molar refractivity (Wildman–Crippen MR) is 110 cm³/mol. The molecular formula is C19H39N3O3S. The van der Waals surface area contributed by atoms with Crippen LogP contribution in [0.3, 0.4) is 0 Å². The Morgan fingerprint density at radius 3 is 2.58 bits per heavy atom. The maximum atomic E-state index is 11.3. The Bertz CT molecular complexity index is 488. The van der Waals surface area contributed by atoms with Crippen LogP contribution in [0, 0.1) is 0 Å². The van der Waals surface area contributed by atoms with Gasteiger partial charge >= 0.3 is 0 Å². The van der Waals surface area contributed by atoms with Crippen molar-refractivity contribution in [3.8, 4) is 0 Å². The first-order valence-electron chi connectivity index (χ1n) is 10.2. The number of unbranched alkanes of at least 4 members (excludes halogenated alkanes) is 2. The molecule has 1 fully saturated rings. The number of nitrogens with zero attached hydrogens (tertiary/aromatic N) is 1. The molecule has 6 nitrogen and oxygen atoms in total. The second-order valence-electron chi connectivity index (χ2n) is 7.42. The summed E-state index contributed by atoms with van der Waals surface area (Å²) in [4.78, 5) is 4.59. The number of aliphatic imine (C=N–C) groups is 1. The lowest BCUT2D eigenvalue weighted by molar-refractivity contribution is 0.0264. The molecule has 1 aliphatic rings. The minimum absolute atomic E-state index is 0.0754. The number of hydrogen-bond acceptors (Lipinski definition) is 4. The van der Waals surface area contributed by atoms with Gasteiger partial charge in [0.2, 0.25) is 0 Å². The van der Waals surface area contributed by atoms with E-state index in [9.17, 15) is 8.42 Å². The summed E-state index contributed by atoms with van der Waals surface area (Å²) in [6.07, 6.45) is 12.1. The van der Waals surface area contributed by atoms with E-state index in [0.717, 1.165) is 44.9 Å². The van der Waals surface area contributed by atoms with Crippen molar-refractivity contribution < 1.29 is 13.2 Å². The van der Waals surface area contributed by atoms with Crippen molar-refractivity contribution in [1.82, 2.24) is 10.6 Å². The molecule has 0 aromatic heterocycles. The van der Waals surface area contributed by atoms with Crippen molar-refractivity contribution in [2.24, 2.45) is 4.99 Å². The lowest BCUT2D eigenvalue weighted by atomic mass is 9.98. The van der Waals surface area contributed by atoms with Gasteiger partial charge in [0.05, 0.1) is 11.9 Å². The molecule has 1 aliphatic carbocycles. The molecule has 0 spiro atoms. The first-order chi connectivity index (χ1) is 12.4. The Morgan fingerprint density at radius 2 is 1.92 bits per heavy atom. The van der Waals surface area contributed by atoms with Gasteiger partial charge in [-0.25, -0.2) is 8.42 Å². The van der Waals surface area contributed by atoms with Gasteiger partial charge in [-0.2, -0.15) is 0 Å². The monoisotopic (exact) mass is 389 g/mol. The van der Waals surface area contributed by atoms with E-state index >= 15 is 0 Å². The van der Waals surface area contributed by atoms with Crippen LogP contribution in [0.4, 0.5) is 0 Å². The average Bonchev–Trinajstić information content (AvgIpc) is 2.59. The van der Waals surface area contributed by atoms with Crippen LogP contribution in [0.1, 0.15) is 71.6 Å². The molecule has 1 saturated carbocycles. The first kappa shape index (κ1) is 23.2. The zero-order valence-corrected chi connectivity index (χ0v) is 17.7. The van der Waals surface area contributed by atoms with Gasteiger partial charge in [0.15, 0.2) is 5.96 Å². The molecule has 26 heavy (non-hydrogen) atoms. The van der Waals surface area contributed by atoms with E-state index < -0.39 is 9.84 Å². The van der Waals surface area contributed by atoms with Crippen molar-refractivity contribution in [2.75, 3.05) is 31.7 Å². The molecule has 2 N–H and O–H groups in total. The number of rotatable bonds is 12. The van der Waals surface area contributed by atoms with Gasteiger partial charge in [-0.1, -0.05) is 19.3 Å². The lowest BCUT2D eigenvalue weighted by Crippen LogP contribution is -2.42. The second-order valence-corrected chi connectivity index (χ2v) is 9.68. The van der Waals surface area contributed by atoms with Crippen LogP contribution in [-0.4, -0.2) is 58.2 Å². The molecular weight excluding hydrogens is 350 g/mol. The minimum atomic E-state index is -2.92. The highest BCUT2D eigenvalue weighted by atomic mass is 32.2. The van der Waals surface area contributed by atoms with Crippen LogP contribution in [0.25, 0.3) is 0 Å². The third kappa shape index (κ3) is 12.5. The lowest BCUT2D eigenvalue weighted by Gasteiger charge is -2.21. The van der Waals surface area contributed by atoms with Gasteiger partial charge in [-0.05, 0) is 52.4 Å². The summed E-state index contributed by atoms with van der Waals surface area (Å²) in [6.45, 7) is 6.45. The molecule has 0 saturated heterocycles. The Labute approximate surface area is 160 Å². The van der Waals surface area contributed by atoms with Gasteiger partial charge in [-0.15, -0.1) is 0 Å². The van der Waals surface area contributed by atoms with E-state index in [1.54, 1.807) is 0 Å². The molecule has 0 amide bonds. The normalized spacial score (nSPS) is 17.9. The predicted octanol–water partition coefficient (Wildman–Crippen LogP) is 2.88. The average molecular weight is 390 g/mol. The largest absolute Gasteiger partial charge is 0.378 e. The molecule has 0 aliphatic heterocycles. The van der Waals surface area contributed by atoms with Gasteiger partial charge in [0, 0.05) is 32.0 Å². The first-order valence-corrected chi connectivity index (χ1v) is 12.3. The fourth-order valence-corrected chi connectivity index (χ4v) is 3.86. The maximum absolute atomic E-state index is 11.3. The summed E-state index contributed by atoms with van der Waals surface area (Å²) < 4.78 is 28.5. The van der Waals surface area contributed by atoms with Crippen LogP contribution in [0.2, 0.25) is 0 Å². The quantitative estimate of drug-likeness (QED) is 0.305. The smallest absolute Gasteiger partial charge is 0.191 e. The van der Waals surface area contributed by atoms with Crippen LogP contribution < -0.4 is 10.6 Å². The Kier molecular flexibility index (Phi) is 11.9. The topological polar surface area (TPSA) is 79.8 Å². The maximum Gasteiger partial charge on any atom is 0.191 e. The zero-order valence-electron chi connectivity index (χ0n) is 16.9. The zero-order chi connectivity index (χ0) is 19.3. The number of nitrogens with one attached hydrogen (secondary N) is 2. The van der Waals surface area contributed by atoms with Crippen molar-refractivity contribution in [2.45, 2.75) is 83.8 Å². The van der Waals surface area contributed by atoms with Crippen LogP contribution in [0.15, 0.2) is 4.99 Å². The van der Waals surface area contributed by atoms with Gasteiger partial charge in [-0.3, -0.25) is 4.99 Å². The van der Waals surface area contributed by atoms with Crippen molar-refractivity contribution in [3.05, 3.63) is 0 Å². The third-order valence-corrected chi connectivity index (χ3v) is 5.60. The van der Waals surface area contributed by atoms with Crippen LogP contribution in [-0.2, 0) is 14.6 Å². The summed E-state index contributed by atoms with van der Waals surface area (Å²) in [5.41, 5.74) is 0. The second kappa shape index (κ2) is 13.4. The van der Waals surface area contributed by atoms with E-state index in [1.165, 1.54) is 38.4 Å². The van der Waals surface area contributed by atoms with E-state index in [1.807, 2.05) is 13.8 Å². The molecule has 1 unspecified atom stereocenters. The number of hydrogen-bond donors (Lipinski definition) is 2. The highest BCUT2D eigenvalue weighted by molar-refractivity contribution is 7.90. The molecule has 1 rings (SSSR count). The van der Waals surface area contributed by atoms with E-state index in [-0.39, 0.29) is 11.8 Å². The van der Waals surface area contributed by atoms with Crippen LogP contribution >= 0.6 is 0 Å². The minimum Gasteiger partial charge on any atom is -0.378 e. The van der Waals surface area contributed by atoms with Crippen LogP contribution in [0.5, 0.6) is 0 Å². The van der Waals surface area contributed by atoms with Gasteiger partial charge in [0.25, 0.3) is 0 Å². The summed E-state index contributed by atoms with van der Waals surface area (Å²) in [6, 6.07) is 0.0754. The third-order valence-electron chi connectivity index (χ3n) is 4.63. The number of ether oxygens (including phenoxy) is 1. The van der Waals surface area contributed by atoms with Crippen molar-refractivity contribution >= 4 is 15.8 Å². The Morgan fingerprint density at radius 1 is 1.19 bits per heavy atom. The highest BCUT2D eigenvalue weighted by Crippen LogP contribution is 2.20. The molecule has 1 atom stereocenters. The fourth-order valence-electron chi connectivity index (χ4n) is 3.08. The molecule has 0 aromatic rings. The number of sulfone groups is 1. The summed E-state index contributed by atoms with van der Waals surface area (Å²) in [5.74, 6) is 0.966. The SMILES string of the molecule is CCNC(=NCCCCCOC1CCCCC1)NC(C)CCS(C)(=O)=O. The van der Waals surface area contributed by atoms with Crippen molar-refractivity contribution in [3.63, 3.8) is 0 Å². The summed E-state index contributed by atoms with van der Waals surface area (Å²) in [5, 5.41) is 6.51. The molecule has 154 valence electrons. The van der Waals surface area contributed by atoms with E-state index in [4.69, 9.17) is 4.74 Å². The standard InChI is InChI=1S/C19H39N3O3S/c1-4-20-19(22-17(2)13-16-26(3,23)24)21-14-9-6-10-15-25-18-11-7-5-8-12-18/h17-18H,4-16H2,1-3H3,(H2,20,21,22). The molecule has 0 bridgehead atoms. The Balaban J connectivity index is 2.15. The van der Waals surface area contributed by atoms with E-state index in [2.05, 4.69) is 15.6 Å². The molecule has 0 radical (unpaired) electrons. The molecule has 7 heteroatoms.